The lowest BCUT2D eigenvalue weighted by molar-refractivity contribution is -0.260. The summed E-state index contributed by atoms with van der Waals surface area (Å²) in [5.41, 5.74) is -0.865. The largest absolute Gasteiger partial charge is 0.463 e. The number of rotatable bonds is 12. The van der Waals surface area contributed by atoms with E-state index in [1.165, 1.54) is 20.8 Å². The topological polar surface area (TPSA) is 186 Å². The summed E-state index contributed by atoms with van der Waals surface area (Å²) in [4.78, 5) is 61.3. The lowest BCUT2D eigenvalue weighted by atomic mass is 9.43. The third kappa shape index (κ3) is 8.81. The normalized spacial score (nSPS) is 34.9. The van der Waals surface area contributed by atoms with Crippen LogP contribution in [0.25, 0.3) is 0 Å². The molecular weight excluding hydrogens is 755 g/mol. The first-order valence-electron chi connectivity index (χ1n) is 18.0. The lowest BCUT2D eigenvalue weighted by Crippen LogP contribution is -2.63. The third-order valence-electron chi connectivity index (χ3n) is 12.8. The van der Waals surface area contributed by atoms with Gasteiger partial charge in [0.05, 0.1) is 0 Å². The Balaban J connectivity index is 1.49. The van der Waals surface area contributed by atoms with Gasteiger partial charge in [-0.25, -0.2) is 4.79 Å². The number of alkyl halides is 5. The third-order valence-corrected chi connectivity index (χ3v) is 13.7. The zero-order chi connectivity index (χ0) is 40.8. The van der Waals surface area contributed by atoms with E-state index in [1.807, 2.05) is 13.8 Å². The summed E-state index contributed by atoms with van der Waals surface area (Å²) < 4.78 is 123. The van der Waals surface area contributed by atoms with Gasteiger partial charge in [0.25, 0.3) is 6.10 Å². The molecule has 0 amide bonds. The predicted molar refractivity (Wildman–Crippen MR) is 174 cm³/mol. The number of hydrogen-bond acceptors (Lipinski definition) is 12. The highest BCUT2D eigenvalue weighted by Crippen LogP contribution is 2.69. The van der Waals surface area contributed by atoms with Crippen molar-refractivity contribution in [2.45, 2.75) is 135 Å². The Kier molecular flexibility index (Phi) is 12.8. The van der Waals surface area contributed by atoms with E-state index in [-0.39, 0.29) is 65.8 Å². The van der Waals surface area contributed by atoms with Crippen LogP contribution in [0.3, 0.4) is 0 Å². The van der Waals surface area contributed by atoms with E-state index in [2.05, 4.69) is 16.4 Å². The molecule has 12 atom stereocenters. The zero-order valence-electron chi connectivity index (χ0n) is 31.0. The monoisotopic (exact) mass is 804 g/mol. The van der Waals surface area contributed by atoms with Crippen LogP contribution in [0.15, 0.2) is 0 Å². The van der Waals surface area contributed by atoms with Crippen LogP contribution in [0, 0.1) is 46.3 Å². The van der Waals surface area contributed by atoms with E-state index in [4.69, 9.17) is 18.8 Å². The van der Waals surface area contributed by atoms with E-state index >= 15 is 0 Å². The van der Waals surface area contributed by atoms with E-state index in [1.54, 1.807) is 0 Å². The fourth-order valence-corrected chi connectivity index (χ4v) is 11.0. The molecule has 4 aliphatic carbocycles. The first kappa shape index (κ1) is 43.6. The average molecular weight is 805 g/mol. The second-order valence-corrected chi connectivity index (χ2v) is 17.4. The maximum Gasteiger partial charge on any atom is 0.432 e. The van der Waals surface area contributed by atoms with Crippen molar-refractivity contribution in [3.8, 4) is 0 Å². The highest BCUT2D eigenvalue weighted by molar-refractivity contribution is 7.86. The van der Waals surface area contributed by atoms with Gasteiger partial charge >= 0.3 is 51.4 Å². The second kappa shape index (κ2) is 15.8. The molecule has 4 fully saturated rings. The van der Waals surface area contributed by atoms with Crippen LogP contribution < -0.4 is 0 Å². The minimum atomic E-state index is -6.64. The van der Waals surface area contributed by atoms with Gasteiger partial charge in [0.1, 0.15) is 18.3 Å². The van der Waals surface area contributed by atoms with Crippen molar-refractivity contribution >= 4 is 40.0 Å². The molecule has 4 saturated carbocycles. The number of esters is 5. The van der Waals surface area contributed by atoms with Gasteiger partial charge in [0.2, 0.25) is 0 Å². The molecule has 4 unspecified atom stereocenters. The van der Waals surface area contributed by atoms with E-state index in [0.29, 0.717) is 38.5 Å². The molecule has 19 heteroatoms. The molecule has 0 spiro atoms. The van der Waals surface area contributed by atoms with Crippen molar-refractivity contribution in [2.75, 3.05) is 6.61 Å². The van der Waals surface area contributed by atoms with Crippen LogP contribution in [0.4, 0.5) is 22.0 Å². The lowest BCUT2D eigenvalue weighted by Gasteiger charge is -2.64. The summed E-state index contributed by atoms with van der Waals surface area (Å²) in [7, 11) is -6.64. The van der Waals surface area contributed by atoms with Crippen LogP contribution in [-0.4, -0.2) is 85.3 Å². The quantitative estimate of drug-likeness (QED) is 0.112. The molecule has 0 aromatic carbocycles. The summed E-state index contributed by atoms with van der Waals surface area (Å²) in [5.74, 6) is -4.91. The Labute approximate surface area is 310 Å². The molecule has 0 saturated heterocycles. The second-order valence-electron chi connectivity index (χ2n) is 15.9. The van der Waals surface area contributed by atoms with Crippen LogP contribution in [0.1, 0.15) is 99.3 Å². The minimum Gasteiger partial charge on any atom is -0.463 e. The van der Waals surface area contributed by atoms with Crippen LogP contribution in [0.2, 0.25) is 0 Å². The molecule has 308 valence electrons. The van der Waals surface area contributed by atoms with Gasteiger partial charge < -0.3 is 23.7 Å². The van der Waals surface area contributed by atoms with Gasteiger partial charge in [0.15, 0.2) is 6.61 Å². The molecule has 4 rings (SSSR count). The summed E-state index contributed by atoms with van der Waals surface area (Å²) in [6.07, 6.45) is -7.63. The van der Waals surface area contributed by atoms with Crippen molar-refractivity contribution in [1.82, 2.24) is 0 Å². The Morgan fingerprint density at radius 1 is 0.833 bits per heavy atom. The molecular formula is C35H49F5O13S. The fraction of sp³-hybridized carbons (Fsp3) is 0.857. The minimum absolute atomic E-state index is 0.000489. The van der Waals surface area contributed by atoms with E-state index in [0.717, 1.165) is 6.42 Å². The van der Waals surface area contributed by atoms with E-state index in [9.17, 15) is 54.3 Å². The standard InChI is InChI=1S/C35H49F5O13S/c1-17(7-10-28(44)49-16-29(45)53-31(34(36,37)38)35(39,40)54(46,47)48)23-8-9-24-30-25(15-27(33(23,24)6)52-20(4)43)32(5)12-11-22(50-18(2)41)13-21(32)14-26(30)51-19(3)42/h17,21-27,30-31H,7-16H2,1-6H3,(H,46,47,48)/t17-,21+,22?,23-,24+,25+,26?,27?,30+,31?,32+,33-/m1/s1. The fourth-order valence-electron chi connectivity index (χ4n) is 10.5. The van der Waals surface area contributed by atoms with E-state index < -0.39 is 75.8 Å². The highest BCUT2D eigenvalue weighted by atomic mass is 32.2. The van der Waals surface area contributed by atoms with Gasteiger partial charge in [-0.1, -0.05) is 20.8 Å². The maximum atomic E-state index is 13.8. The first-order valence-corrected chi connectivity index (χ1v) is 19.5. The number of carbonyl (C=O) groups is 5. The smallest absolute Gasteiger partial charge is 0.432 e. The summed E-state index contributed by atoms with van der Waals surface area (Å²) >= 11 is 0. The number of halogens is 5. The first-order chi connectivity index (χ1) is 24.7. The van der Waals surface area contributed by atoms with Gasteiger partial charge in [0, 0.05) is 38.5 Å². The number of ether oxygens (including phenoxy) is 5. The number of carbonyl (C=O) groups excluding carboxylic acids is 5. The van der Waals surface area contributed by atoms with Crippen LogP contribution in [0.5, 0.6) is 0 Å². The molecule has 0 aromatic rings. The average Bonchev–Trinajstić information content (AvgIpc) is 3.38. The van der Waals surface area contributed by atoms with Gasteiger partial charge in [-0.3, -0.25) is 23.7 Å². The van der Waals surface area contributed by atoms with Crippen LogP contribution >= 0.6 is 0 Å². The molecule has 0 bridgehead atoms. The van der Waals surface area contributed by atoms with Gasteiger partial charge in [-0.05, 0) is 86.4 Å². The summed E-state index contributed by atoms with van der Waals surface area (Å²) in [6, 6.07) is 0. The van der Waals surface area contributed by atoms with Gasteiger partial charge in [-0.2, -0.15) is 30.4 Å². The molecule has 0 radical (unpaired) electrons. The van der Waals surface area contributed by atoms with Crippen molar-refractivity contribution in [3.63, 3.8) is 0 Å². The van der Waals surface area contributed by atoms with Crippen molar-refractivity contribution in [3.05, 3.63) is 0 Å². The Morgan fingerprint density at radius 2 is 1.44 bits per heavy atom. The zero-order valence-corrected chi connectivity index (χ0v) is 31.8. The molecule has 4 aliphatic rings. The molecule has 13 nitrogen and oxygen atoms in total. The number of hydrogen-bond donors (Lipinski definition) is 1. The molecule has 0 aliphatic heterocycles. The molecule has 54 heavy (non-hydrogen) atoms. The summed E-state index contributed by atoms with van der Waals surface area (Å²) in [6.45, 7) is 8.65. The van der Waals surface area contributed by atoms with Crippen molar-refractivity contribution in [1.29, 1.82) is 0 Å². The highest BCUT2D eigenvalue weighted by Gasteiger charge is 2.68. The summed E-state index contributed by atoms with van der Waals surface area (Å²) in [5, 5.41) is -5.93. The molecule has 1 N–H and O–H groups in total. The Morgan fingerprint density at radius 3 is 2.00 bits per heavy atom. The Hall–Kier alpha value is -3.09. The maximum absolute atomic E-state index is 13.8. The molecule has 0 heterocycles. The Bertz CT molecular complexity index is 1570. The predicted octanol–water partition coefficient (Wildman–Crippen LogP) is 5.57. The van der Waals surface area contributed by atoms with Crippen LogP contribution in [-0.2, 0) is 57.8 Å². The molecule has 0 aromatic heterocycles. The SMILES string of the molecule is CC(=O)OC1CC[C@@]2(C)[C@@H](C1)CC(OC(C)=O)[C@@H]1[C@@H]2CC(OC(C)=O)[C@]2(C)[C@@H]([C@H](C)CCC(=O)OCC(=O)OC(C(F)(F)F)C(F)(F)S(=O)(=O)O)CC[C@@H]12. The van der Waals surface area contributed by atoms with Gasteiger partial charge in [-0.15, -0.1) is 0 Å². The van der Waals surface area contributed by atoms with Crippen molar-refractivity contribution < 1.29 is 82.6 Å². The number of fused-ring (bicyclic) bond motifs is 5. The van der Waals surface area contributed by atoms with Crippen molar-refractivity contribution in [2.24, 2.45) is 46.3 Å².